The Labute approximate surface area is 112 Å². The molecule has 1 rings (SSSR count). The Morgan fingerprint density at radius 3 is 2.67 bits per heavy atom. The van der Waals surface area contributed by atoms with E-state index in [4.69, 9.17) is 9.47 Å². The molecule has 0 amide bonds. The number of ether oxygens (including phenoxy) is 2. The van der Waals surface area contributed by atoms with Gasteiger partial charge in [-0.05, 0) is 39.8 Å². The van der Waals surface area contributed by atoms with Crippen LogP contribution in [-0.4, -0.2) is 63.0 Å². The van der Waals surface area contributed by atoms with Crippen molar-refractivity contribution < 1.29 is 9.47 Å². The van der Waals surface area contributed by atoms with Gasteiger partial charge in [-0.3, -0.25) is 4.90 Å². The second-order valence-electron chi connectivity index (χ2n) is 5.68. The summed E-state index contributed by atoms with van der Waals surface area (Å²) in [4.78, 5) is 2.49. The number of likely N-dealkylation sites (N-methyl/N-ethyl adjacent to an activating group) is 1. The Morgan fingerprint density at radius 2 is 2.11 bits per heavy atom. The molecule has 2 atom stereocenters. The Morgan fingerprint density at radius 1 is 1.39 bits per heavy atom. The zero-order valence-corrected chi connectivity index (χ0v) is 12.7. The molecular weight excluding hydrogens is 228 g/mol. The highest BCUT2D eigenvalue weighted by Gasteiger charge is 2.31. The summed E-state index contributed by atoms with van der Waals surface area (Å²) in [6, 6.07) is 0.350. The summed E-state index contributed by atoms with van der Waals surface area (Å²) in [5.74, 6) is 0. The van der Waals surface area contributed by atoms with Gasteiger partial charge in [0, 0.05) is 33.4 Å². The molecule has 1 saturated heterocycles. The summed E-state index contributed by atoms with van der Waals surface area (Å²) in [5, 5.41) is 3.55. The number of hydrogen-bond donors (Lipinski definition) is 1. The van der Waals surface area contributed by atoms with Crippen LogP contribution in [0.3, 0.4) is 0 Å². The van der Waals surface area contributed by atoms with E-state index in [0.29, 0.717) is 12.1 Å². The van der Waals surface area contributed by atoms with Crippen molar-refractivity contribution in [3.05, 3.63) is 0 Å². The molecule has 0 aromatic carbocycles. The third kappa shape index (κ3) is 4.50. The fourth-order valence-electron chi connectivity index (χ4n) is 2.55. The van der Waals surface area contributed by atoms with E-state index in [1.807, 2.05) is 7.11 Å². The van der Waals surface area contributed by atoms with Gasteiger partial charge in [0.05, 0.1) is 11.7 Å². The minimum atomic E-state index is -0.143. The predicted octanol–water partition coefficient (Wildman–Crippen LogP) is 1.50. The third-order valence-corrected chi connectivity index (χ3v) is 4.05. The maximum atomic E-state index is 5.63. The number of likely N-dealkylation sites (tertiary alicyclic amines) is 1. The minimum Gasteiger partial charge on any atom is -0.380 e. The molecule has 0 radical (unpaired) electrons. The fourth-order valence-corrected chi connectivity index (χ4v) is 2.55. The van der Waals surface area contributed by atoms with E-state index in [-0.39, 0.29) is 5.60 Å². The normalized spacial score (nSPS) is 24.2. The Balaban J connectivity index is 2.54. The number of hydrogen-bond acceptors (Lipinski definition) is 4. The molecular formula is C14H30N2O2. The monoisotopic (exact) mass is 258 g/mol. The Bertz CT molecular complexity index is 234. The van der Waals surface area contributed by atoms with Crippen LogP contribution in [0.2, 0.25) is 0 Å². The van der Waals surface area contributed by atoms with Gasteiger partial charge in [0.2, 0.25) is 0 Å². The van der Waals surface area contributed by atoms with Crippen molar-refractivity contribution in [2.75, 3.05) is 40.4 Å². The first-order valence-corrected chi connectivity index (χ1v) is 7.07. The number of nitrogens with one attached hydrogen (secondary N) is 1. The lowest BCUT2D eigenvalue weighted by atomic mass is 9.96. The molecule has 0 aromatic rings. The lowest BCUT2D eigenvalue weighted by molar-refractivity contribution is -0.0312. The summed E-state index contributed by atoms with van der Waals surface area (Å²) in [7, 11) is 3.60. The molecule has 0 bridgehead atoms. The van der Waals surface area contributed by atoms with Crippen LogP contribution in [0, 0.1) is 0 Å². The van der Waals surface area contributed by atoms with Gasteiger partial charge in [0.1, 0.15) is 0 Å². The van der Waals surface area contributed by atoms with E-state index >= 15 is 0 Å². The Hall–Kier alpha value is -0.160. The van der Waals surface area contributed by atoms with Crippen molar-refractivity contribution in [1.29, 1.82) is 0 Å². The van der Waals surface area contributed by atoms with E-state index in [2.05, 4.69) is 31.0 Å². The van der Waals surface area contributed by atoms with Crippen LogP contribution in [0.4, 0.5) is 0 Å². The van der Waals surface area contributed by atoms with Gasteiger partial charge in [-0.25, -0.2) is 0 Å². The summed E-state index contributed by atoms with van der Waals surface area (Å²) >= 11 is 0. The number of piperidine rings is 1. The Kier molecular flexibility index (Phi) is 6.57. The molecule has 2 unspecified atom stereocenters. The average Bonchev–Trinajstić information content (AvgIpc) is 2.38. The summed E-state index contributed by atoms with van der Waals surface area (Å²) in [6.07, 6.45) is 2.81. The van der Waals surface area contributed by atoms with E-state index in [9.17, 15) is 0 Å². The van der Waals surface area contributed by atoms with Gasteiger partial charge in [-0.1, -0.05) is 6.92 Å². The molecule has 1 heterocycles. The standard InChI is InChI=1S/C14H30N2O2/c1-6-15-13(14(2,3)18-5)11-16-9-7-8-12(10-16)17-4/h12-13,15H,6-11H2,1-5H3. The van der Waals surface area contributed by atoms with Gasteiger partial charge >= 0.3 is 0 Å². The third-order valence-electron chi connectivity index (χ3n) is 4.05. The first kappa shape index (κ1) is 15.9. The lowest BCUT2D eigenvalue weighted by Gasteiger charge is -2.40. The minimum absolute atomic E-state index is 0.143. The van der Waals surface area contributed by atoms with Crippen molar-refractivity contribution in [2.24, 2.45) is 0 Å². The number of methoxy groups -OCH3 is 2. The molecule has 108 valence electrons. The van der Waals surface area contributed by atoms with Crippen LogP contribution >= 0.6 is 0 Å². The molecule has 1 aliphatic heterocycles. The quantitative estimate of drug-likeness (QED) is 0.750. The summed E-state index contributed by atoms with van der Waals surface area (Å²) in [6.45, 7) is 10.6. The van der Waals surface area contributed by atoms with Crippen molar-refractivity contribution >= 4 is 0 Å². The first-order chi connectivity index (χ1) is 8.53. The maximum Gasteiger partial charge on any atom is 0.0787 e. The van der Waals surface area contributed by atoms with E-state index in [0.717, 1.165) is 19.6 Å². The highest BCUT2D eigenvalue weighted by atomic mass is 16.5. The molecule has 1 aliphatic rings. The molecule has 4 heteroatoms. The van der Waals surface area contributed by atoms with E-state index < -0.39 is 0 Å². The van der Waals surface area contributed by atoms with Crippen LogP contribution in [0.1, 0.15) is 33.6 Å². The smallest absolute Gasteiger partial charge is 0.0787 e. The zero-order chi connectivity index (χ0) is 13.6. The predicted molar refractivity (Wildman–Crippen MR) is 75.0 cm³/mol. The van der Waals surface area contributed by atoms with Gasteiger partial charge in [0.25, 0.3) is 0 Å². The molecule has 1 N–H and O–H groups in total. The van der Waals surface area contributed by atoms with Crippen molar-refractivity contribution in [2.45, 2.75) is 51.4 Å². The second-order valence-corrected chi connectivity index (χ2v) is 5.68. The summed E-state index contributed by atoms with van der Waals surface area (Å²) in [5.41, 5.74) is -0.143. The average molecular weight is 258 g/mol. The van der Waals surface area contributed by atoms with Crippen LogP contribution < -0.4 is 5.32 Å². The van der Waals surface area contributed by atoms with Crippen LogP contribution in [0.25, 0.3) is 0 Å². The highest BCUT2D eigenvalue weighted by Crippen LogP contribution is 2.18. The van der Waals surface area contributed by atoms with Crippen molar-refractivity contribution in [1.82, 2.24) is 10.2 Å². The topological polar surface area (TPSA) is 33.7 Å². The summed E-state index contributed by atoms with van der Waals surface area (Å²) < 4.78 is 11.1. The van der Waals surface area contributed by atoms with E-state index in [1.54, 1.807) is 7.11 Å². The molecule has 0 aliphatic carbocycles. The van der Waals surface area contributed by atoms with Crippen LogP contribution in [-0.2, 0) is 9.47 Å². The first-order valence-electron chi connectivity index (χ1n) is 7.07. The zero-order valence-electron chi connectivity index (χ0n) is 12.7. The second kappa shape index (κ2) is 7.43. The SMILES string of the molecule is CCNC(CN1CCCC(OC)C1)C(C)(C)OC. The van der Waals surface area contributed by atoms with Gasteiger partial charge in [-0.2, -0.15) is 0 Å². The molecule has 0 aromatic heterocycles. The fraction of sp³-hybridized carbons (Fsp3) is 1.00. The largest absolute Gasteiger partial charge is 0.380 e. The molecule has 4 nitrogen and oxygen atoms in total. The number of nitrogens with zero attached hydrogens (tertiary/aromatic N) is 1. The maximum absolute atomic E-state index is 5.63. The van der Waals surface area contributed by atoms with E-state index in [1.165, 1.54) is 19.4 Å². The van der Waals surface area contributed by atoms with Gasteiger partial charge in [-0.15, -0.1) is 0 Å². The highest BCUT2D eigenvalue weighted by molar-refractivity contribution is 4.89. The molecule has 0 saturated carbocycles. The molecule has 18 heavy (non-hydrogen) atoms. The molecule has 1 fully saturated rings. The van der Waals surface area contributed by atoms with Crippen molar-refractivity contribution in [3.63, 3.8) is 0 Å². The van der Waals surface area contributed by atoms with Crippen LogP contribution in [0.15, 0.2) is 0 Å². The van der Waals surface area contributed by atoms with Crippen LogP contribution in [0.5, 0.6) is 0 Å². The molecule has 0 spiro atoms. The lowest BCUT2D eigenvalue weighted by Crippen LogP contribution is -2.56. The number of rotatable bonds is 7. The van der Waals surface area contributed by atoms with Crippen molar-refractivity contribution in [3.8, 4) is 0 Å². The van der Waals surface area contributed by atoms with Gasteiger partial charge in [0.15, 0.2) is 0 Å². The van der Waals surface area contributed by atoms with Gasteiger partial charge < -0.3 is 14.8 Å².